The zero-order chi connectivity index (χ0) is 14.8. The SMILES string of the molecule is Cn1c(C(=O)NCc2cccnc2)cc2cccc(Cl)c21. The monoisotopic (exact) mass is 299 g/mol. The first-order chi connectivity index (χ1) is 10.2. The van der Waals surface area contributed by atoms with Gasteiger partial charge in [-0.15, -0.1) is 0 Å². The number of para-hydroxylation sites is 1. The first kappa shape index (κ1) is 13.6. The van der Waals surface area contributed by atoms with E-state index in [-0.39, 0.29) is 5.91 Å². The van der Waals surface area contributed by atoms with Gasteiger partial charge in [-0.25, -0.2) is 0 Å². The maximum absolute atomic E-state index is 12.3. The van der Waals surface area contributed by atoms with Gasteiger partial charge in [-0.1, -0.05) is 29.8 Å². The van der Waals surface area contributed by atoms with Crippen molar-refractivity contribution in [2.24, 2.45) is 7.05 Å². The van der Waals surface area contributed by atoms with E-state index in [9.17, 15) is 4.79 Å². The Balaban J connectivity index is 1.85. The van der Waals surface area contributed by atoms with E-state index in [1.54, 1.807) is 12.4 Å². The van der Waals surface area contributed by atoms with Crippen molar-refractivity contribution in [3.05, 3.63) is 65.1 Å². The number of pyridine rings is 1. The number of benzene rings is 1. The Morgan fingerprint density at radius 3 is 2.90 bits per heavy atom. The van der Waals surface area contributed by atoms with E-state index in [2.05, 4.69) is 10.3 Å². The van der Waals surface area contributed by atoms with Gasteiger partial charge in [0.15, 0.2) is 0 Å². The van der Waals surface area contributed by atoms with E-state index in [1.807, 2.05) is 48.0 Å². The first-order valence-corrected chi connectivity index (χ1v) is 6.95. The smallest absolute Gasteiger partial charge is 0.268 e. The van der Waals surface area contributed by atoms with Crippen LogP contribution in [0.1, 0.15) is 16.1 Å². The molecule has 1 amide bonds. The number of fused-ring (bicyclic) bond motifs is 1. The number of carbonyl (C=O) groups excluding carboxylic acids is 1. The lowest BCUT2D eigenvalue weighted by atomic mass is 10.2. The maximum Gasteiger partial charge on any atom is 0.268 e. The minimum absolute atomic E-state index is 0.131. The zero-order valence-corrected chi connectivity index (χ0v) is 12.3. The van der Waals surface area contributed by atoms with E-state index in [0.29, 0.717) is 17.3 Å². The molecular formula is C16H14ClN3O. The van der Waals surface area contributed by atoms with Gasteiger partial charge in [0.05, 0.1) is 10.5 Å². The molecule has 4 nitrogen and oxygen atoms in total. The van der Waals surface area contributed by atoms with Crippen LogP contribution in [0.4, 0.5) is 0 Å². The number of rotatable bonds is 3. The molecule has 0 saturated heterocycles. The third-order valence-electron chi connectivity index (χ3n) is 3.42. The summed E-state index contributed by atoms with van der Waals surface area (Å²) in [4.78, 5) is 16.3. The molecule has 21 heavy (non-hydrogen) atoms. The Labute approximate surface area is 127 Å². The Kier molecular flexibility index (Phi) is 3.62. The molecule has 2 heterocycles. The molecule has 0 bridgehead atoms. The number of hydrogen-bond acceptors (Lipinski definition) is 2. The Bertz CT molecular complexity index is 796. The second-order valence-corrected chi connectivity index (χ2v) is 5.22. The highest BCUT2D eigenvalue weighted by molar-refractivity contribution is 6.35. The van der Waals surface area contributed by atoms with Crippen LogP contribution in [-0.2, 0) is 13.6 Å². The van der Waals surface area contributed by atoms with Crippen molar-refractivity contribution in [2.45, 2.75) is 6.54 Å². The summed E-state index contributed by atoms with van der Waals surface area (Å²) < 4.78 is 1.82. The maximum atomic E-state index is 12.3. The molecule has 0 aliphatic carbocycles. The molecule has 0 radical (unpaired) electrons. The van der Waals surface area contributed by atoms with Crippen molar-refractivity contribution in [1.29, 1.82) is 0 Å². The predicted molar refractivity (Wildman–Crippen MR) is 83.3 cm³/mol. The molecule has 3 aromatic rings. The third-order valence-corrected chi connectivity index (χ3v) is 3.72. The van der Waals surface area contributed by atoms with Crippen LogP contribution < -0.4 is 5.32 Å². The van der Waals surface area contributed by atoms with Crippen molar-refractivity contribution in [1.82, 2.24) is 14.9 Å². The zero-order valence-electron chi connectivity index (χ0n) is 11.5. The van der Waals surface area contributed by atoms with Gasteiger partial charge in [0.1, 0.15) is 5.69 Å². The topological polar surface area (TPSA) is 46.9 Å². The third kappa shape index (κ3) is 2.62. The lowest BCUT2D eigenvalue weighted by molar-refractivity contribution is 0.0943. The summed E-state index contributed by atoms with van der Waals surface area (Å²) in [5.74, 6) is -0.131. The molecule has 1 aromatic carbocycles. The van der Waals surface area contributed by atoms with Crippen LogP contribution in [-0.4, -0.2) is 15.5 Å². The number of nitrogens with one attached hydrogen (secondary N) is 1. The van der Waals surface area contributed by atoms with Crippen molar-refractivity contribution in [3.63, 3.8) is 0 Å². The van der Waals surface area contributed by atoms with Gasteiger partial charge in [-0.2, -0.15) is 0 Å². The van der Waals surface area contributed by atoms with Gasteiger partial charge in [0.2, 0.25) is 0 Å². The molecule has 5 heteroatoms. The number of halogens is 1. The van der Waals surface area contributed by atoms with Crippen LogP contribution in [0, 0.1) is 0 Å². The summed E-state index contributed by atoms with van der Waals surface area (Å²) in [6.07, 6.45) is 3.44. The molecule has 0 atom stereocenters. The van der Waals surface area contributed by atoms with E-state index in [0.717, 1.165) is 16.5 Å². The predicted octanol–water partition coefficient (Wildman–Crippen LogP) is 3.16. The van der Waals surface area contributed by atoms with Crippen LogP contribution in [0.5, 0.6) is 0 Å². The van der Waals surface area contributed by atoms with Crippen molar-refractivity contribution >= 4 is 28.4 Å². The molecule has 0 saturated carbocycles. The molecule has 3 rings (SSSR count). The number of carbonyl (C=O) groups is 1. The average Bonchev–Trinajstić information content (AvgIpc) is 2.84. The normalized spacial score (nSPS) is 10.8. The van der Waals surface area contributed by atoms with Crippen LogP contribution >= 0.6 is 11.6 Å². The highest BCUT2D eigenvalue weighted by Gasteiger charge is 2.14. The quantitative estimate of drug-likeness (QED) is 0.807. The fourth-order valence-corrected chi connectivity index (χ4v) is 2.67. The number of aromatic nitrogens is 2. The van der Waals surface area contributed by atoms with E-state index in [1.165, 1.54) is 0 Å². The molecule has 0 aliphatic rings. The Morgan fingerprint density at radius 1 is 1.33 bits per heavy atom. The van der Waals surface area contributed by atoms with Gasteiger partial charge in [-0.3, -0.25) is 9.78 Å². The van der Waals surface area contributed by atoms with Gasteiger partial charge < -0.3 is 9.88 Å². The summed E-state index contributed by atoms with van der Waals surface area (Å²) >= 11 is 6.19. The molecule has 1 N–H and O–H groups in total. The fourth-order valence-electron chi connectivity index (χ4n) is 2.36. The molecule has 0 spiro atoms. The Morgan fingerprint density at radius 2 is 2.19 bits per heavy atom. The summed E-state index contributed by atoms with van der Waals surface area (Å²) in [7, 11) is 1.84. The van der Waals surface area contributed by atoms with Crippen molar-refractivity contribution in [3.8, 4) is 0 Å². The summed E-state index contributed by atoms with van der Waals surface area (Å²) in [6.45, 7) is 0.446. The number of nitrogens with zero attached hydrogens (tertiary/aromatic N) is 2. The molecule has 0 unspecified atom stereocenters. The molecule has 106 valence electrons. The summed E-state index contributed by atoms with van der Waals surface area (Å²) in [5, 5.41) is 4.49. The van der Waals surface area contributed by atoms with E-state index >= 15 is 0 Å². The van der Waals surface area contributed by atoms with Crippen LogP contribution in [0.25, 0.3) is 10.9 Å². The van der Waals surface area contributed by atoms with E-state index in [4.69, 9.17) is 11.6 Å². The highest BCUT2D eigenvalue weighted by Crippen LogP contribution is 2.26. The van der Waals surface area contributed by atoms with Gasteiger partial charge in [-0.05, 0) is 23.8 Å². The van der Waals surface area contributed by atoms with Crippen LogP contribution in [0.15, 0.2) is 48.8 Å². The largest absolute Gasteiger partial charge is 0.347 e. The van der Waals surface area contributed by atoms with Crippen LogP contribution in [0.3, 0.4) is 0 Å². The molecule has 0 aliphatic heterocycles. The second-order valence-electron chi connectivity index (χ2n) is 4.81. The molecular weight excluding hydrogens is 286 g/mol. The standard InChI is InChI=1S/C16H14ClN3O/c1-20-14(8-12-5-2-6-13(17)15(12)20)16(21)19-10-11-4-3-7-18-9-11/h2-9H,10H2,1H3,(H,19,21). The molecule has 2 aromatic heterocycles. The Hall–Kier alpha value is -2.33. The fraction of sp³-hybridized carbons (Fsp3) is 0.125. The first-order valence-electron chi connectivity index (χ1n) is 6.58. The van der Waals surface area contributed by atoms with Gasteiger partial charge in [0, 0.05) is 31.4 Å². The van der Waals surface area contributed by atoms with Gasteiger partial charge in [0.25, 0.3) is 5.91 Å². The summed E-state index contributed by atoms with van der Waals surface area (Å²) in [6, 6.07) is 11.3. The number of hydrogen-bond donors (Lipinski definition) is 1. The van der Waals surface area contributed by atoms with Crippen molar-refractivity contribution < 1.29 is 4.79 Å². The highest BCUT2D eigenvalue weighted by atomic mass is 35.5. The minimum Gasteiger partial charge on any atom is -0.347 e. The minimum atomic E-state index is -0.131. The lowest BCUT2D eigenvalue weighted by Gasteiger charge is -2.07. The van der Waals surface area contributed by atoms with Gasteiger partial charge >= 0.3 is 0 Å². The summed E-state index contributed by atoms with van der Waals surface area (Å²) in [5.41, 5.74) is 2.41. The van der Waals surface area contributed by atoms with E-state index < -0.39 is 0 Å². The van der Waals surface area contributed by atoms with Crippen LogP contribution in [0.2, 0.25) is 5.02 Å². The average molecular weight is 300 g/mol. The number of aryl methyl sites for hydroxylation is 1. The number of amides is 1. The van der Waals surface area contributed by atoms with Crippen molar-refractivity contribution in [2.75, 3.05) is 0 Å². The lowest BCUT2D eigenvalue weighted by Crippen LogP contribution is -2.24. The second kappa shape index (κ2) is 5.58. The molecule has 0 fully saturated rings.